The minimum atomic E-state index is -0.672. The van der Waals surface area contributed by atoms with Gasteiger partial charge in [0.1, 0.15) is 5.75 Å². The minimum absolute atomic E-state index is 0.147. The lowest BCUT2D eigenvalue weighted by molar-refractivity contribution is 0.177. The van der Waals surface area contributed by atoms with E-state index in [0.717, 1.165) is 17.5 Å². The molecule has 0 fully saturated rings. The molecule has 0 saturated carbocycles. The lowest BCUT2D eigenvalue weighted by Crippen LogP contribution is -2.01. The molecule has 2 atom stereocenters. The highest BCUT2D eigenvalue weighted by Crippen LogP contribution is 2.33. The quantitative estimate of drug-likeness (QED) is 0.828. The van der Waals surface area contributed by atoms with Crippen LogP contribution >= 0.6 is 0 Å². The topological polar surface area (TPSA) is 49.7 Å². The van der Waals surface area contributed by atoms with E-state index in [4.69, 9.17) is 4.74 Å². The molecule has 0 amide bonds. The molecule has 0 saturated heterocycles. The van der Waals surface area contributed by atoms with E-state index >= 15 is 0 Å². The van der Waals surface area contributed by atoms with Gasteiger partial charge in [-0.15, -0.1) is 0 Å². The Hall–Kier alpha value is -1.06. The van der Waals surface area contributed by atoms with Gasteiger partial charge in [0.05, 0.1) is 12.7 Å². The fraction of sp³-hybridized carbons (Fsp3) is 0.571. The molecule has 2 N–H and O–H groups in total. The summed E-state index contributed by atoms with van der Waals surface area (Å²) in [5.41, 5.74) is 2.45. The molecule has 0 spiro atoms. The second kappa shape index (κ2) is 6.03. The molecule has 1 aromatic rings. The van der Waals surface area contributed by atoms with E-state index in [1.165, 1.54) is 0 Å². The van der Waals surface area contributed by atoms with Crippen LogP contribution in [0.4, 0.5) is 0 Å². The van der Waals surface area contributed by atoms with E-state index in [1.807, 2.05) is 12.1 Å². The van der Waals surface area contributed by atoms with Gasteiger partial charge in [-0.25, -0.2) is 0 Å². The van der Waals surface area contributed by atoms with Crippen molar-refractivity contribution in [2.45, 2.75) is 45.8 Å². The third kappa shape index (κ3) is 3.20. The highest BCUT2D eigenvalue weighted by molar-refractivity contribution is 5.45. The van der Waals surface area contributed by atoms with Crippen LogP contribution in [0.2, 0.25) is 0 Å². The number of ether oxygens (including phenoxy) is 1. The Labute approximate surface area is 103 Å². The van der Waals surface area contributed by atoms with Crippen molar-refractivity contribution in [3.8, 4) is 5.75 Å². The molecular formula is C14H22O3. The smallest absolute Gasteiger partial charge is 0.126 e. The van der Waals surface area contributed by atoms with Gasteiger partial charge in [-0.3, -0.25) is 0 Å². The summed E-state index contributed by atoms with van der Waals surface area (Å²) in [5, 5.41) is 19.7. The monoisotopic (exact) mass is 238 g/mol. The standard InChI is InChI=1S/C14H22O3/c1-5-9(2)11-6-12(8-17-4)14(16)13(7-11)10(3)15/h6-7,9-10,15-16H,5,8H2,1-4H3. The zero-order chi connectivity index (χ0) is 13.0. The number of aliphatic hydroxyl groups is 1. The summed E-state index contributed by atoms with van der Waals surface area (Å²) < 4.78 is 5.07. The summed E-state index contributed by atoms with van der Waals surface area (Å²) in [6.45, 7) is 6.27. The van der Waals surface area contributed by atoms with Crippen LogP contribution in [0, 0.1) is 0 Å². The lowest BCUT2D eigenvalue weighted by Gasteiger charge is -2.17. The van der Waals surface area contributed by atoms with Gasteiger partial charge >= 0.3 is 0 Å². The van der Waals surface area contributed by atoms with Crippen LogP contribution in [0.5, 0.6) is 5.75 Å². The number of hydrogen-bond donors (Lipinski definition) is 2. The number of aliphatic hydroxyl groups excluding tert-OH is 1. The van der Waals surface area contributed by atoms with E-state index in [-0.39, 0.29) is 5.75 Å². The molecule has 1 aromatic carbocycles. The molecule has 3 heteroatoms. The van der Waals surface area contributed by atoms with Gasteiger partial charge in [0.25, 0.3) is 0 Å². The molecule has 96 valence electrons. The predicted molar refractivity (Wildman–Crippen MR) is 68.2 cm³/mol. The third-order valence-corrected chi connectivity index (χ3v) is 3.17. The number of phenolic OH excluding ortho intramolecular Hbond substituents is 1. The number of rotatable bonds is 5. The van der Waals surface area contributed by atoms with E-state index in [0.29, 0.717) is 18.1 Å². The molecule has 3 nitrogen and oxygen atoms in total. The molecule has 0 aliphatic heterocycles. The van der Waals surface area contributed by atoms with Crippen LogP contribution in [0.25, 0.3) is 0 Å². The highest BCUT2D eigenvalue weighted by Gasteiger charge is 2.15. The van der Waals surface area contributed by atoms with Gasteiger partial charge in [0, 0.05) is 18.2 Å². The van der Waals surface area contributed by atoms with E-state index in [2.05, 4.69) is 13.8 Å². The van der Waals surface area contributed by atoms with Crippen LogP contribution in [0.15, 0.2) is 12.1 Å². The Morgan fingerprint density at radius 2 is 1.94 bits per heavy atom. The number of phenols is 1. The molecule has 1 rings (SSSR count). The molecular weight excluding hydrogens is 216 g/mol. The summed E-state index contributed by atoms with van der Waals surface area (Å²) in [6.07, 6.45) is 0.353. The van der Waals surface area contributed by atoms with Gasteiger partial charge in [-0.05, 0) is 37.0 Å². The maximum absolute atomic E-state index is 10.0. The van der Waals surface area contributed by atoms with Gasteiger partial charge in [0.2, 0.25) is 0 Å². The lowest BCUT2D eigenvalue weighted by atomic mass is 9.92. The zero-order valence-corrected chi connectivity index (χ0v) is 11.0. The van der Waals surface area contributed by atoms with E-state index in [1.54, 1.807) is 14.0 Å². The average Bonchev–Trinajstić information content (AvgIpc) is 2.30. The largest absolute Gasteiger partial charge is 0.507 e. The van der Waals surface area contributed by atoms with Crippen LogP contribution in [-0.4, -0.2) is 17.3 Å². The Balaban J connectivity index is 3.26. The maximum atomic E-state index is 10.0. The highest BCUT2D eigenvalue weighted by atomic mass is 16.5. The first kappa shape index (κ1) is 14.0. The zero-order valence-electron chi connectivity index (χ0n) is 11.0. The number of hydrogen-bond acceptors (Lipinski definition) is 3. The fourth-order valence-electron chi connectivity index (χ4n) is 1.85. The number of aromatic hydroxyl groups is 1. The first-order valence-corrected chi connectivity index (χ1v) is 6.03. The van der Waals surface area contributed by atoms with E-state index < -0.39 is 6.10 Å². The number of benzene rings is 1. The summed E-state index contributed by atoms with van der Waals surface area (Å²) >= 11 is 0. The Kier molecular flexibility index (Phi) is 4.97. The van der Waals surface area contributed by atoms with Crippen LogP contribution in [0.1, 0.15) is 55.9 Å². The van der Waals surface area contributed by atoms with Crippen LogP contribution in [0.3, 0.4) is 0 Å². The van der Waals surface area contributed by atoms with Crippen molar-refractivity contribution in [2.24, 2.45) is 0 Å². The SMILES string of the molecule is CCC(C)c1cc(COC)c(O)c(C(C)O)c1. The fourth-order valence-corrected chi connectivity index (χ4v) is 1.85. The van der Waals surface area contributed by atoms with Gasteiger partial charge in [0.15, 0.2) is 0 Å². The summed E-state index contributed by atoms with van der Waals surface area (Å²) in [5.74, 6) is 0.553. The third-order valence-electron chi connectivity index (χ3n) is 3.17. The van der Waals surface area contributed by atoms with Crippen molar-refractivity contribution < 1.29 is 14.9 Å². The predicted octanol–water partition coefficient (Wildman–Crippen LogP) is 3.11. The average molecular weight is 238 g/mol. The summed E-state index contributed by atoms with van der Waals surface area (Å²) in [6, 6.07) is 3.84. The molecule has 17 heavy (non-hydrogen) atoms. The van der Waals surface area contributed by atoms with Crippen molar-refractivity contribution in [1.29, 1.82) is 0 Å². The molecule has 0 aliphatic carbocycles. The second-order valence-electron chi connectivity index (χ2n) is 4.54. The molecule has 0 aliphatic rings. The molecule has 0 heterocycles. The van der Waals surface area contributed by atoms with Gasteiger partial charge < -0.3 is 14.9 Å². The first-order chi connectivity index (χ1) is 8.01. The van der Waals surface area contributed by atoms with Crippen molar-refractivity contribution in [3.63, 3.8) is 0 Å². The van der Waals surface area contributed by atoms with Crippen molar-refractivity contribution in [3.05, 3.63) is 28.8 Å². The van der Waals surface area contributed by atoms with Crippen molar-refractivity contribution in [1.82, 2.24) is 0 Å². The summed E-state index contributed by atoms with van der Waals surface area (Å²) in [7, 11) is 1.59. The minimum Gasteiger partial charge on any atom is -0.507 e. The second-order valence-corrected chi connectivity index (χ2v) is 4.54. The van der Waals surface area contributed by atoms with Crippen molar-refractivity contribution in [2.75, 3.05) is 7.11 Å². The van der Waals surface area contributed by atoms with Crippen molar-refractivity contribution >= 4 is 0 Å². The normalized spacial score (nSPS) is 14.6. The Bertz CT molecular complexity index is 372. The molecule has 0 bridgehead atoms. The van der Waals surface area contributed by atoms with Gasteiger partial charge in [-0.2, -0.15) is 0 Å². The molecule has 0 aromatic heterocycles. The maximum Gasteiger partial charge on any atom is 0.126 e. The van der Waals surface area contributed by atoms with Crippen LogP contribution in [-0.2, 0) is 11.3 Å². The summed E-state index contributed by atoms with van der Waals surface area (Å²) in [4.78, 5) is 0. The van der Waals surface area contributed by atoms with Gasteiger partial charge in [-0.1, -0.05) is 13.8 Å². The first-order valence-electron chi connectivity index (χ1n) is 6.03. The molecule has 0 radical (unpaired) electrons. The van der Waals surface area contributed by atoms with E-state index in [9.17, 15) is 10.2 Å². The molecule has 2 unspecified atom stereocenters. The Morgan fingerprint density at radius 3 is 2.41 bits per heavy atom. The van der Waals surface area contributed by atoms with Crippen LogP contribution < -0.4 is 0 Å². The number of methoxy groups -OCH3 is 1. The Morgan fingerprint density at radius 1 is 1.29 bits per heavy atom.